The van der Waals surface area contributed by atoms with E-state index in [0.29, 0.717) is 0 Å². The van der Waals surface area contributed by atoms with Crippen LogP contribution >= 0.6 is 15.9 Å². The maximum Gasteiger partial charge on any atom is 0.389 e. The van der Waals surface area contributed by atoms with Gasteiger partial charge in [0.25, 0.3) is 0 Å². The predicted molar refractivity (Wildman–Crippen MR) is 72.3 cm³/mol. The van der Waals surface area contributed by atoms with Gasteiger partial charge >= 0.3 is 6.18 Å². The maximum atomic E-state index is 12.3. The first kappa shape index (κ1) is 15.5. The van der Waals surface area contributed by atoms with Gasteiger partial charge in [-0.2, -0.15) is 13.2 Å². The molecule has 0 aliphatic rings. The predicted octanol–water partition coefficient (Wildman–Crippen LogP) is 5.70. The van der Waals surface area contributed by atoms with Crippen molar-refractivity contribution in [1.82, 2.24) is 0 Å². The Hall–Kier alpha value is -0.510. The Morgan fingerprint density at radius 1 is 1.06 bits per heavy atom. The topological polar surface area (TPSA) is 0 Å². The Labute approximate surface area is 115 Å². The summed E-state index contributed by atoms with van der Waals surface area (Å²) in [6, 6.07) is 2.08. The Morgan fingerprint density at radius 2 is 1.50 bits per heavy atom. The lowest BCUT2D eigenvalue weighted by Crippen LogP contribution is -2.10. The summed E-state index contributed by atoms with van der Waals surface area (Å²) in [6.45, 7) is 7.93. The van der Waals surface area contributed by atoms with E-state index < -0.39 is 12.6 Å². The molecule has 0 amide bonds. The van der Waals surface area contributed by atoms with E-state index in [9.17, 15) is 13.2 Å². The smallest absolute Gasteiger partial charge is 0.171 e. The molecule has 0 bridgehead atoms. The first-order chi connectivity index (χ1) is 8.13. The lowest BCUT2D eigenvalue weighted by Gasteiger charge is -2.20. The van der Waals surface area contributed by atoms with Crippen LogP contribution in [0, 0.1) is 27.7 Å². The van der Waals surface area contributed by atoms with Crippen LogP contribution in [0.5, 0.6) is 0 Å². The normalized spacial score (nSPS) is 13.8. The fourth-order valence-electron chi connectivity index (χ4n) is 2.15. The lowest BCUT2D eigenvalue weighted by molar-refractivity contribution is -0.135. The standard InChI is InChI=1S/C14H18BrF3/c1-8-7-9(2)11(4)13(10(8)3)12(15)5-6-14(16,17)18/h7,12H,5-6H2,1-4H3. The second-order valence-electron chi connectivity index (χ2n) is 4.80. The van der Waals surface area contributed by atoms with Gasteiger partial charge in [0.05, 0.1) is 0 Å². The summed E-state index contributed by atoms with van der Waals surface area (Å²) in [5.74, 6) is 0. The van der Waals surface area contributed by atoms with Crippen molar-refractivity contribution in [2.24, 2.45) is 0 Å². The van der Waals surface area contributed by atoms with Crippen molar-refractivity contribution in [3.8, 4) is 0 Å². The molecule has 0 aromatic heterocycles. The van der Waals surface area contributed by atoms with Crippen LogP contribution in [0.15, 0.2) is 6.07 Å². The van der Waals surface area contributed by atoms with Crippen molar-refractivity contribution in [3.05, 3.63) is 33.9 Å². The minimum atomic E-state index is -4.09. The molecule has 0 aliphatic heterocycles. The highest BCUT2D eigenvalue weighted by Crippen LogP contribution is 2.37. The number of alkyl halides is 4. The van der Waals surface area contributed by atoms with Gasteiger partial charge in [-0.15, -0.1) is 0 Å². The highest BCUT2D eigenvalue weighted by molar-refractivity contribution is 9.09. The molecule has 102 valence electrons. The molecular formula is C14H18BrF3. The van der Waals surface area contributed by atoms with E-state index >= 15 is 0 Å². The average molecular weight is 323 g/mol. The zero-order valence-electron chi connectivity index (χ0n) is 11.1. The summed E-state index contributed by atoms with van der Waals surface area (Å²) in [5, 5.41) is 0. The van der Waals surface area contributed by atoms with Crippen molar-refractivity contribution in [2.45, 2.75) is 51.5 Å². The molecule has 0 heterocycles. The van der Waals surface area contributed by atoms with E-state index in [-0.39, 0.29) is 11.2 Å². The molecule has 0 saturated heterocycles. The van der Waals surface area contributed by atoms with Crippen molar-refractivity contribution in [3.63, 3.8) is 0 Å². The summed E-state index contributed by atoms with van der Waals surface area (Å²) in [4.78, 5) is -0.238. The van der Waals surface area contributed by atoms with Crippen molar-refractivity contribution < 1.29 is 13.2 Å². The molecule has 1 aromatic rings. The van der Waals surface area contributed by atoms with Gasteiger partial charge in [0.2, 0.25) is 0 Å². The Kier molecular flexibility index (Phi) is 4.87. The zero-order chi connectivity index (χ0) is 14.1. The summed E-state index contributed by atoms with van der Waals surface area (Å²) in [7, 11) is 0. The van der Waals surface area contributed by atoms with Gasteiger partial charge in [0.15, 0.2) is 0 Å². The molecule has 1 unspecified atom stereocenters. The molecule has 1 aromatic carbocycles. The Balaban J connectivity index is 3.02. The average Bonchev–Trinajstić information content (AvgIpc) is 2.23. The number of hydrogen-bond acceptors (Lipinski definition) is 0. The van der Waals surface area contributed by atoms with Gasteiger partial charge in [-0.1, -0.05) is 22.0 Å². The van der Waals surface area contributed by atoms with Gasteiger partial charge in [0.1, 0.15) is 0 Å². The summed E-state index contributed by atoms with van der Waals surface area (Å²) >= 11 is 3.41. The molecule has 0 radical (unpaired) electrons. The summed E-state index contributed by atoms with van der Waals surface area (Å²) in [5.41, 5.74) is 5.44. The number of benzene rings is 1. The van der Waals surface area contributed by atoms with Crippen molar-refractivity contribution in [1.29, 1.82) is 0 Å². The van der Waals surface area contributed by atoms with Gasteiger partial charge in [-0.05, 0) is 61.9 Å². The van der Waals surface area contributed by atoms with Crippen LogP contribution in [0.1, 0.15) is 45.5 Å². The van der Waals surface area contributed by atoms with Crippen LogP contribution in [0.2, 0.25) is 0 Å². The van der Waals surface area contributed by atoms with Gasteiger partial charge < -0.3 is 0 Å². The Morgan fingerprint density at radius 3 is 1.89 bits per heavy atom. The maximum absolute atomic E-state index is 12.3. The van der Waals surface area contributed by atoms with E-state index in [0.717, 1.165) is 27.8 Å². The van der Waals surface area contributed by atoms with Crippen LogP contribution < -0.4 is 0 Å². The highest BCUT2D eigenvalue weighted by Gasteiger charge is 2.29. The van der Waals surface area contributed by atoms with Crippen LogP contribution in [0.4, 0.5) is 13.2 Å². The molecule has 0 spiro atoms. The summed E-state index contributed by atoms with van der Waals surface area (Å²) in [6.07, 6.45) is -4.77. The molecule has 1 rings (SSSR count). The lowest BCUT2D eigenvalue weighted by atomic mass is 9.91. The fourth-order valence-corrected chi connectivity index (χ4v) is 3.07. The van der Waals surface area contributed by atoms with E-state index in [2.05, 4.69) is 22.0 Å². The van der Waals surface area contributed by atoms with Gasteiger partial charge in [0, 0.05) is 11.2 Å². The van der Waals surface area contributed by atoms with Crippen molar-refractivity contribution >= 4 is 15.9 Å². The Bertz CT molecular complexity index is 409. The zero-order valence-corrected chi connectivity index (χ0v) is 12.7. The van der Waals surface area contributed by atoms with Crippen LogP contribution in [0.25, 0.3) is 0 Å². The largest absolute Gasteiger partial charge is 0.389 e. The van der Waals surface area contributed by atoms with Crippen LogP contribution in [-0.4, -0.2) is 6.18 Å². The molecule has 18 heavy (non-hydrogen) atoms. The molecule has 4 heteroatoms. The first-order valence-corrected chi connectivity index (χ1v) is 6.83. The number of rotatable bonds is 3. The third kappa shape index (κ3) is 3.74. The third-order valence-electron chi connectivity index (χ3n) is 3.42. The van der Waals surface area contributed by atoms with Gasteiger partial charge in [-0.25, -0.2) is 0 Å². The van der Waals surface area contributed by atoms with E-state index in [4.69, 9.17) is 0 Å². The minimum absolute atomic E-state index is 0.0775. The fraction of sp³-hybridized carbons (Fsp3) is 0.571. The second kappa shape index (κ2) is 5.64. The molecule has 0 aliphatic carbocycles. The number of aryl methyl sites for hydroxylation is 2. The highest BCUT2D eigenvalue weighted by atomic mass is 79.9. The summed E-state index contributed by atoms with van der Waals surface area (Å²) < 4.78 is 36.8. The molecule has 0 saturated carbocycles. The quantitative estimate of drug-likeness (QED) is 0.626. The molecule has 0 N–H and O–H groups in total. The first-order valence-electron chi connectivity index (χ1n) is 5.91. The second-order valence-corrected chi connectivity index (χ2v) is 5.90. The molecule has 0 fully saturated rings. The monoisotopic (exact) mass is 322 g/mol. The van der Waals surface area contributed by atoms with E-state index in [1.165, 1.54) is 0 Å². The molecular weight excluding hydrogens is 305 g/mol. The van der Waals surface area contributed by atoms with Crippen LogP contribution in [0.3, 0.4) is 0 Å². The van der Waals surface area contributed by atoms with E-state index in [1.807, 2.05) is 27.7 Å². The number of halogens is 4. The number of hydrogen-bond donors (Lipinski definition) is 0. The van der Waals surface area contributed by atoms with E-state index in [1.54, 1.807) is 0 Å². The minimum Gasteiger partial charge on any atom is -0.171 e. The molecule has 0 nitrogen and oxygen atoms in total. The van der Waals surface area contributed by atoms with Gasteiger partial charge in [-0.3, -0.25) is 0 Å². The van der Waals surface area contributed by atoms with Crippen LogP contribution in [-0.2, 0) is 0 Å². The molecule has 1 atom stereocenters. The van der Waals surface area contributed by atoms with Crippen molar-refractivity contribution in [2.75, 3.05) is 0 Å². The SMILES string of the molecule is Cc1cc(C)c(C)c(C(Br)CCC(F)(F)F)c1C. The third-order valence-corrected chi connectivity index (χ3v) is 4.33.